The van der Waals surface area contributed by atoms with Crippen LogP contribution in [0.15, 0.2) is 47.7 Å². The molecule has 0 atom stereocenters. The van der Waals surface area contributed by atoms with Gasteiger partial charge < -0.3 is 0 Å². The number of rotatable bonds is 3. The zero-order valence-electron chi connectivity index (χ0n) is 11.2. The summed E-state index contributed by atoms with van der Waals surface area (Å²) in [7, 11) is -3.25. The van der Waals surface area contributed by atoms with Gasteiger partial charge in [-0.05, 0) is 26.0 Å². The molecule has 2 rings (SSSR count). The first-order valence-corrected chi connectivity index (χ1v) is 7.09. The van der Waals surface area contributed by atoms with Gasteiger partial charge in [-0.2, -0.15) is 0 Å². The fourth-order valence-electron chi connectivity index (χ4n) is 1.50. The highest BCUT2D eigenvalue weighted by atomic mass is 32.2. The predicted molar refractivity (Wildman–Crippen MR) is 69.8 cm³/mol. The van der Waals surface area contributed by atoms with Crippen LogP contribution in [0.2, 0.25) is 0 Å². The number of nitrogens with zero attached hydrogens (tertiary/aromatic N) is 2. The van der Waals surface area contributed by atoms with Crippen molar-refractivity contribution < 1.29 is 9.79 Å². The van der Waals surface area contributed by atoms with Gasteiger partial charge in [-0.3, -0.25) is 9.97 Å². The first-order valence-electron chi connectivity index (χ1n) is 6.04. The van der Waals surface area contributed by atoms with Crippen molar-refractivity contribution in [2.24, 2.45) is 0 Å². The molecule has 0 aliphatic heterocycles. The SMILES string of the molecule is [2H]c1cnc(-c2ccc(S(=O)(=O)C(C)C)cc2)cn1. The van der Waals surface area contributed by atoms with Crippen LogP contribution in [0, 0.1) is 0 Å². The zero-order chi connectivity index (χ0) is 14.0. The molecule has 5 heteroatoms. The van der Waals surface area contributed by atoms with Crippen LogP contribution in [0.5, 0.6) is 0 Å². The maximum absolute atomic E-state index is 12.0. The average molecular weight is 263 g/mol. The molecule has 1 aromatic heterocycles. The molecule has 0 amide bonds. The Morgan fingerprint density at radius 2 is 1.89 bits per heavy atom. The van der Waals surface area contributed by atoms with Crippen LogP contribution in [0.4, 0.5) is 0 Å². The molecule has 1 aromatic carbocycles. The van der Waals surface area contributed by atoms with Crippen LogP contribution in [0.3, 0.4) is 0 Å². The Kier molecular flexibility index (Phi) is 3.06. The van der Waals surface area contributed by atoms with Crippen LogP contribution in [0.25, 0.3) is 11.3 Å². The molecule has 2 aromatic rings. The second-order valence-electron chi connectivity index (χ2n) is 4.15. The van der Waals surface area contributed by atoms with Crippen LogP contribution < -0.4 is 0 Å². The van der Waals surface area contributed by atoms with Gasteiger partial charge in [0.05, 0.1) is 23.4 Å². The molecule has 0 bridgehead atoms. The monoisotopic (exact) mass is 263 g/mol. The molecule has 0 fully saturated rings. The Morgan fingerprint density at radius 1 is 1.22 bits per heavy atom. The summed E-state index contributed by atoms with van der Waals surface area (Å²) < 4.78 is 31.2. The summed E-state index contributed by atoms with van der Waals surface area (Å²) >= 11 is 0. The average Bonchev–Trinajstić information content (AvgIpc) is 2.39. The van der Waals surface area contributed by atoms with Crippen molar-refractivity contribution >= 4 is 9.84 Å². The molecule has 18 heavy (non-hydrogen) atoms. The van der Waals surface area contributed by atoms with Gasteiger partial charge in [-0.1, -0.05) is 12.1 Å². The van der Waals surface area contributed by atoms with Gasteiger partial charge >= 0.3 is 0 Å². The van der Waals surface area contributed by atoms with Gasteiger partial charge in [0.1, 0.15) is 0 Å². The van der Waals surface area contributed by atoms with Gasteiger partial charge in [-0.15, -0.1) is 0 Å². The molecule has 94 valence electrons. The predicted octanol–water partition coefficient (Wildman–Crippen LogP) is 2.33. The van der Waals surface area contributed by atoms with Crippen molar-refractivity contribution in [3.8, 4) is 11.3 Å². The lowest BCUT2D eigenvalue weighted by Gasteiger charge is -2.08. The molecular weight excluding hydrogens is 248 g/mol. The number of aromatic nitrogens is 2. The number of sulfone groups is 1. The van der Waals surface area contributed by atoms with Crippen LogP contribution in [0.1, 0.15) is 15.2 Å². The van der Waals surface area contributed by atoms with E-state index in [4.69, 9.17) is 1.37 Å². The van der Waals surface area contributed by atoms with Crippen LogP contribution >= 0.6 is 0 Å². The van der Waals surface area contributed by atoms with Gasteiger partial charge in [0.25, 0.3) is 0 Å². The van der Waals surface area contributed by atoms with E-state index in [1.165, 1.54) is 12.4 Å². The number of hydrogen-bond donors (Lipinski definition) is 0. The summed E-state index contributed by atoms with van der Waals surface area (Å²) in [6.45, 7) is 3.31. The van der Waals surface area contributed by atoms with Gasteiger partial charge in [0.15, 0.2) is 9.84 Å². The highest BCUT2D eigenvalue weighted by Crippen LogP contribution is 2.21. The molecular formula is C13H14N2O2S. The topological polar surface area (TPSA) is 59.9 Å². The maximum Gasteiger partial charge on any atom is 0.180 e. The van der Waals surface area contributed by atoms with E-state index in [0.717, 1.165) is 5.56 Å². The molecule has 0 saturated carbocycles. The normalized spacial score (nSPS) is 12.5. The number of benzene rings is 1. The lowest BCUT2D eigenvalue weighted by atomic mass is 10.2. The fraction of sp³-hybridized carbons (Fsp3) is 0.231. The van der Waals surface area contributed by atoms with E-state index in [1.807, 2.05) is 0 Å². The van der Waals surface area contributed by atoms with E-state index in [0.29, 0.717) is 10.6 Å². The molecule has 1 heterocycles. The van der Waals surface area contributed by atoms with Crippen molar-refractivity contribution in [1.82, 2.24) is 9.97 Å². The summed E-state index contributed by atoms with van der Waals surface area (Å²) in [6.07, 6.45) is 2.95. The second kappa shape index (κ2) is 4.86. The highest BCUT2D eigenvalue weighted by Gasteiger charge is 2.18. The van der Waals surface area contributed by atoms with Crippen LogP contribution in [-0.2, 0) is 9.84 Å². The smallest absolute Gasteiger partial charge is 0.180 e. The minimum atomic E-state index is -3.25. The van der Waals surface area contributed by atoms with E-state index >= 15 is 0 Å². The lowest BCUT2D eigenvalue weighted by Crippen LogP contribution is -2.13. The third-order valence-corrected chi connectivity index (χ3v) is 4.79. The first kappa shape index (κ1) is 11.3. The Labute approximate surface area is 108 Å². The van der Waals surface area contributed by atoms with Crippen molar-refractivity contribution in [1.29, 1.82) is 0 Å². The van der Waals surface area contributed by atoms with E-state index in [1.54, 1.807) is 38.1 Å². The summed E-state index contributed by atoms with van der Waals surface area (Å²) in [5, 5.41) is -0.444. The Balaban J connectivity index is 2.36. The molecule has 4 nitrogen and oxygen atoms in total. The highest BCUT2D eigenvalue weighted by molar-refractivity contribution is 7.92. The Bertz CT molecular complexity index is 665. The molecule has 0 saturated heterocycles. The molecule has 0 unspecified atom stereocenters. The van der Waals surface area contributed by atoms with E-state index in [2.05, 4.69) is 9.97 Å². The first-order chi connectivity index (χ1) is 8.91. The van der Waals surface area contributed by atoms with Gasteiger partial charge in [0, 0.05) is 17.9 Å². The summed E-state index contributed by atoms with van der Waals surface area (Å²) in [4.78, 5) is 8.22. The standard InChI is InChI=1S/C13H14N2O2S/c1-10(2)18(16,17)12-5-3-11(4-6-12)13-9-14-7-8-15-13/h3-10H,1-2H3/i7D. The minimum absolute atomic E-state index is 0.0998. The third-order valence-electron chi connectivity index (χ3n) is 2.62. The van der Waals surface area contributed by atoms with Gasteiger partial charge in [0.2, 0.25) is 0 Å². The second-order valence-corrected chi connectivity index (χ2v) is 6.65. The van der Waals surface area contributed by atoms with Crippen molar-refractivity contribution in [2.45, 2.75) is 24.0 Å². The molecule has 0 aliphatic rings. The zero-order valence-corrected chi connectivity index (χ0v) is 11.0. The van der Waals surface area contributed by atoms with E-state index in [-0.39, 0.29) is 6.17 Å². The fourth-order valence-corrected chi connectivity index (χ4v) is 2.56. The Morgan fingerprint density at radius 3 is 2.39 bits per heavy atom. The van der Waals surface area contributed by atoms with Crippen molar-refractivity contribution in [3.05, 3.63) is 42.8 Å². The quantitative estimate of drug-likeness (QED) is 0.852. The van der Waals surface area contributed by atoms with E-state index in [9.17, 15) is 8.42 Å². The Hall–Kier alpha value is -1.75. The summed E-state index contributed by atoms with van der Waals surface area (Å²) in [5.74, 6) is 0. The molecule has 0 radical (unpaired) electrons. The molecule has 0 spiro atoms. The van der Waals surface area contributed by atoms with Crippen LogP contribution in [-0.4, -0.2) is 23.6 Å². The minimum Gasteiger partial charge on any atom is -0.261 e. The number of hydrogen-bond acceptors (Lipinski definition) is 4. The third kappa shape index (κ3) is 2.41. The van der Waals surface area contributed by atoms with E-state index < -0.39 is 15.1 Å². The largest absolute Gasteiger partial charge is 0.261 e. The summed E-state index contributed by atoms with van der Waals surface area (Å²) in [6, 6.07) is 6.54. The lowest BCUT2D eigenvalue weighted by molar-refractivity contribution is 0.587. The summed E-state index contributed by atoms with van der Waals surface area (Å²) in [5.41, 5.74) is 1.39. The van der Waals surface area contributed by atoms with Gasteiger partial charge in [-0.25, -0.2) is 8.42 Å². The molecule has 0 N–H and O–H groups in total. The van der Waals surface area contributed by atoms with Crippen molar-refractivity contribution in [2.75, 3.05) is 0 Å². The maximum atomic E-state index is 12.0. The molecule has 0 aliphatic carbocycles. The van der Waals surface area contributed by atoms with Crippen molar-refractivity contribution in [3.63, 3.8) is 0 Å².